The number of nitrogens with zero attached hydrogens (tertiary/aromatic N) is 1. The van der Waals surface area contributed by atoms with Gasteiger partial charge in [0.1, 0.15) is 11.5 Å². The van der Waals surface area contributed by atoms with Gasteiger partial charge in [0, 0.05) is 17.8 Å². The van der Waals surface area contributed by atoms with E-state index in [0.29, 0.717) is 28.6 Å². The lowest BCUT2D eigenvalue weighted by Gasteiger charge is -2.06. The van der Waals surface area contributed by atoms with E-state index in [2.05, 4.69) is 4.98 Å². The van der Waals surface area contributed by atoms with Crippen LogP contribution in [0.2, 0.25) is 0 Å². The summed E-state index contributed by atoms with van der Waals surface area (Å²) in [5.41, 5.74) is 0.466. The number of hydrogen-bond acceptors (Lipinski definition) is 5. The number of benzene rings is 1. The molecule has 0 aliphatic carbocycles. The average molecular weight is 243 g/mol. The molecule has 0 N–H and O–H groups in total. The van der Waals surface area contributed by atoms with Crippen molar-refractivity contribution in [2.45, 2.75) is 0 Å². The van der Waals surface area contributed by atoms with Crippen LogP contribution in [0.25, 0.3) is 0 Å². The number of rotatable bonds is 3. The molecule has 0 atom stereocenters. The summed E-state index contributed by atoms with van der Waals surface area (Å²) in [6, 6.07) is 6.89. The fourth-order valence-corrected chi connectivity index (χ4v) is 1.63. The predicted molar refractivity (Wildman–Crippen MR) is 62.3 cm³/mol. The molecular weight excluding hydrogens is 234 g/mol. The molecule has 90 valence electrons. The number of aromatic nitrogens is 1. The zero-order chi connectivity index (χ0) is 12.4. The molecule has 0 saturated heterocycles. The van der Waals surface area contributed by atoms with Crippen molar-refractivity contribution in [2.24, 2.45) is 0 Å². The fraction of sp³-hybridized carbons (Fsp3) is 0.0769. The first-order chi connectivity index (χ1) is 8.85. The van der Waals surface area contributed by atoms with Crippen LogP contribution < -0.4 is 14.2 Å². The molecule has 1 aliphatic rings. The number of hydrogen-bond donors (Lipinski definition) is 0. The minimum atomic E-state index is 0.223. The van der Waals surface area contributed by atoms with E-state index in [1.807, 2.05) is 0 Å². The van der Waals surface area contributed by atoms with Crippen LogP contribution in [0.5, 0.6) is 23.0 Å². The van der Waals surface area contributed by atoms with Gasteiger partial charge in [-0.3, -0.25) is 9.78 Å². The van der Waals surface area contributed by atoms with Crippen LogP contribution in [0, 0.1) is 0 Å². The number of pyridine rings is 1. The Morgan fingerprint density at radius 1 is 1.11 bits per heavy atom. The molecule has 0 spiro atoms. The Morgan fingerprint density at radius 2 is 2.00 bits per heavy atom. The molecule has 1 aromatic heterocycles. The standard InChI is InChI=1S/C13H9NO4/c15-7-9-3-11(6-14-5-9)18-10-1-2-12-13(4-10)17-8-16-12/h1-7H,8H2. The average Bonchev–Trinajstić information content (AvgIpc) is 2.86. The first kappa shape index (κ1) is 10.6. The molecule has 0 saturated carbocycles. The van der Waals surface area contributed by atoms with Crippen molar-refractivity contribution >= 4 is 6.29 Å². The van der Waals surface area contributed by atoms with Crippen LogP contribution in [0.15, 0.2) is 36.7 Å². The second kappa shape index (κ2) is 4.37. The summed E-state index contributed by atoms with van der Waals surface area (Å²) in [6.45, 7) is 0.223. The lowest BCUT2D eigenvalue weighted by molar-refractivity contribution is 0.112. The highest BCUT2D eigenvalue weighted by Crippen LogP contribution is 2.36. The number of fused-ring (bicyclic) bond motifs is 1. The molecule has 1 aromatic carbocycles. The van der Waals surface area contributed by atoms with Gasteiger partial charge in [-0.05, 0) is 18.2 Å². The van der Waals surface area contributed by atoms with E-state index in [9.17, 15) is 4.79 Å². The molecule has 5 heteroatoms. The molecule has 0 fully saturated rings. The van der Waals surface area contributed by atoms with Gasteiger partial charge in [0.2, 0.25) is 6.79 Å². The van der Waals surface area contributed by atoms with Gasteiger partial charge < -0.3 is 14.2 Å². The minimum absolute atomic E-state index is 0.223. The molecule has 1 aliphatic heterocycles. The van der Waals surface area contributed by atoms with Gasteiger partial charge in [0.25, 0.3) is 0 Å². The van der Waals surface area contributed by atoms with Crippen molar-refractivity contribution in [1.29, 1.82) is 0 Å². The highest BCUT2D eigenvalue weighted by Gasteiger charge is 2.14. The second-order valence-electron chi connectivity index (χ2n) is 3.69. The summed E-state index contributed by atoms with van der Waals surface area (Å²) in [6.07, 6.45) is 3.73. The van der Waals surface area contributed by atoms with E-state index in [1.54, 1.807) is 24.3 Å². The van der Waals surface area contributed by atoms with E-state index >= 15 is 0 Å². The molecule has 2 aromatic rings. The van der Waals surface area contributed by atoms with Gasteiger partial charge in [-0.1, -0.05) is 0 Å². The van der Waals surface area contributed by atoms with Gasteiger partial charge >= 0.3 is 0 Å². The third-order valence-electron chi connectivity index (χ3n) is 2.45. The van der Waals surface area contributed by atoms with Crippen molar-refractivity contribution in [1.82, 2.24) is 4.98 Å². The summed E-state index contributed by atoms with van der Waals surface area (Å²) in [7, 11) is 0. The maximum Gasteiger partial charge on any atom is 0.231 e. The lowest BCUT2D eigenvalue weighted by Crippen LogP contribution is -1.92. The quantitative estimate of drug-likeness (QED) is 0.775. The van der Waals surface area contributed by atoms with E-state index < -0.39 is 0 Å². The first-order valence-corrected chi connectivity index (χ1v) is 5.33. The summed E-state index contributed by atoms with van der Waals surface area (Å²) in [5, 5.41) is 0. The predicted octanol–water partition coefficient (Wildman–Crippen LogP) is 2.42. The summed E-state index contributed by atoms with van der Waals surface area (Å²) in [5.74, 6) is 2.44. The molecule has 0 bridgehead atoms. The number of carbonyl (C=O) groups is 1. The maximum absolute atomic E-state index is 10.6. The molecule has 0 unspecified atom stereocenters. The Bertz CT molecular complexity index is 597. The summed E-state index contributed by atoms with van der Waals surface area (Å²) in [4.78, 5) is 14.5. The highest BCUT2D eigenvalue weighted by atomic mass is 16.7. The minimum Gasteiger partial charge on any atom is -0.456 e. The first-order valence-electron chi connectivity index (χ1n) is 5.33. The zero-order valence-corrected chi connectivity index (χ0v) is 9.33. The Kier molecular flexibility index (Phi) is 2.57. The fourth-order valence-electron chi connectivity index (χ4n) is 1.63. The Morgan fingerprint density at radius 3 is 2.89 bits per heavy atom. The van der Waals surface area contributed by atoms with Gasteiger partial charge in [-0.25, -0.2) is 0 Å². The third-order valence-corrected chi connectivity index (χ3v) is 2.45. The zero-order valence-electron chi connectivity index (χ0n) is 9.33. The molecule has 3 rings (SSSR count). The second-order valence-corrected chi connectivity index (χ2v) is 3.69. The van der Waals surface area contributed by atoms with E-state index in [1.165, 1.54) is 12.4 Å². The van der Waals surface area contributed by atoms with Crippen LogP contribution >= 0.6 is 0 Å². The largest absolute Gasteiger partial charge is 0.456 e. The normalized spacial score (nSPS) is 12.2. The van der Waals surface area contributed by atoms with Crippen molar-refractivity contribution in [3.8, 4) is 23.0 Å². The Labute approximate surface area is 103 Å². The lowest BCUT2D eigenvalue weighted by atomic mass is 10.3. The Hall–Kier alpha value is -2.56. The van der Waals surface area contributed by atoms with Crippen molar-refractivity contribution in [3.05, 3.63) is 42.2 Å². The highest BCUT2D eigenvalue weighted by molar-refractivity contribution is 5.74. The molecule has 0 radical (unpaired) electrons. The van der Waals surface area contributed by atoms with Crippen molar-refractivity contribution in [3.63, 3.8) is 0 Å². The number of ether oxygens (including phenoxy) is 3. The van der Waals surface area contributed by atoms with Crippen LogP contribution in [0.1, 0.15) is 10.4 Å². The summed E-state index contributed by atoms with van der Waals surface area (Å²) < 4.78 is 16.0. The van der Waals surface area contributed by atoms with E-state index in [0.717, 1.165) is 6.29 Å². The van der Waals surface area contributed by atoms with E-state index in [4.69, 9.17) is 14.2 Å². The maximum atomic E-state index is 10.6. The monoisotopic (exact) mass is 243 g/mol. The molecular formula is C13H9NO4. The van der Waals surface area contributed by atoms with Crippen LogP contribution in [-0.2, 0) is 0 Å². The van der Waals surface area contributed by atoms with Crippen LogP contribution in [0.4, 0.5) is 0 Å². The van der Waals surface area contributed by atoms with Crippen LogP contribution in [-0.4, -0.2) is 18.1 Å². The smallest absolute Gasteiger partial charge is 0.231 e. The molecule has 18 heavy (non-hydrogen) atoms. The van der Waals surface area contributed by atoms with Gasteiger partial charge in [-0.2, -0.15) is 0 Å². The molecule has 0 amide bonds. The molecule has 2 heterocycles. The topological polar surface area (TPSA) is 57.7 Å². The SMILES string of the molecule is O=Cc1cncc(Oc2ccc3c(c2)OCO3)c1. The van der Waals surface area contributed by atoms with Crippen LogP contribution in [0.3, 0.4) is 0 Å². The Balaban J connectivity index is 1.85. The third kappa shape index (κ3) is 1.98. The van der Waals surface area contributed by atoms with Gasteiger partial charge in [-0.15, -0.1) is 0 Å². The van der Waals surface area contributed by atoms with Crippen molar-refractivity contribution in [2.75, 3.05) is 6.79 Å². The molecule has 5 nitrogen and oxygen atoms in total. The van der Waals surface area contributed by atoms with E-state index in [-0.39, 0.29) is 6.79 Å². The number of carbonyl (C=O) groups excluding carboxylic acids is 1. The van der Waals surface area contributed by atoms with Gasteiger partial charge in [0.15, 0.2) is 17.8 Å². The number of aldehydes is 1. The van der Waals surface area contributed by atoms with Gasteiger partial charge in [0.05, 0.1) is 6.20 Å². The van der Waals surface area contributed by atoms with Crippen molar-refractivity contribution < 1.29 is 19.0 Å². The summed E-state index contributed by atoms with van der Waals surface area (Å²) >= 11 is 0.